The third-order valence-corrected chi connectivity index (χ3v) is 8.91. The van der Waals surface area contributed by atoms with Gasteiger partial charge in [0.15, 0.2) is 0 Å². The fraction of sp³-hybridized carbons (Fsp3) is 0.410. The average Bonchev–Trinajstić information content (AvgIpc) is 3.45. The Bertz CT molecular complexity index is 1740. The number of carboxylic acid groups (broad SMARTS) is 1. The molecule has 1 heterocycles. The summed E-state index contributed by atoms with van der Waals surface area (Å²) >= 11 is 0. The van der Waals surface area contributed by atoms with Crippen molar-refractivity contribution in [1.29, 1.82) is 0 Å². The van der Waals surface area contributed by atoms with E-state index >= 15 is 0 Å². The van der Waals surface area contributed by atoms with E-state index in [2.05, 4.69) is 21.3 Å². The first-order chi connectivity index (χ1) is 25.3. The number of alkyl carbamates (subject to hydrolysis) is 2. The topological polar surface area (TPSA) is 191 Å². The lowest BCUT2D eigenvalue weighted by atomic mass is 9.90. The number of carboxylic acids is 1. The van der Waals surface area contributed by atoms with Crippen LogP contribution in [0.15, 0.2) is 72.8 Å². The maximum atomic E-state index is 13.5. The monoisotopic (exact) mass is 730 g/mol. The van der Waals surface area contributed by atoms with Crippen LogP contribution in [-0.4, -0.2) is 91.8 Å². The molecule has 14 nitrogen and oxygen atoms in total. The van der Waals surface area contributed by atoms with Crippen molar-refractivity contribution in [2.75, 3.05) is 39.5 Å². The minimum Gasteiger partial charge on any atom is -0.492 e. The second-order valence-electron chi connectivity index (χ2n) is 13.9. The van der Waals surface area contributed by atoms with Crippen molar-refractivity contribution in [2.24, 2.45) is 0 Å². The quantitative estimate of drug-likeness (QED) is 0.152. The third-order valence-electron chi connectivity index (χ3n) is 8.91. The molecule has 1 unspecified atom stereocenters. The van der Waals surface area contributed by atoms with Gasteiger partial charge in [-0.1, -0.05) is 60.7 Å². The number of carbonyl (C=O) groups is 5. The fourth-order valence-corrected chi connectivity index (χ4v) is 6.30. The molecule has 1 aliphatic heterocycles. The highest BCUT2D eigenvalue weighted by atomic mass is 16.6. The highest BCUT2D eigenvalue weighted by Crippen LogP contribution is 2.44. The first-order valence-electron chi connectivity index (χ1n) is 17.5. The molecule has 0 radical (unpaired) electrons. The van der Waals surface area contributed by atoms with Gasteiger partial charge in [0.2, 0.25) is 11.8 Å². The molecule has 14 heteroatoms. The van der Waals surface area contributed by atoms with E-state index in [4.69, 9.17) is 18.9 Å². The molecule has 5 N–H and O–H groups in total. The van der Waals surface area contributed by atoms with Crippen molar-refractivity contribution >= 4 is 30.0 Å². The second-order valence-corrected chi connectivity index (χ2v) is 13.9. The lowest BCUT2D eigenvalue weighted by Crippen LogP contribution is -2.59. The number of nitrogens with one attached hydrogen (secondary N) is 4. The second kappa shape index (κ2) is 17.3. The van der Waals surface area contributed by atoms with E-state index in [9.17, 15) is 29.1 Å². The first-order valence-corrected chi connectivity index (χ1v) is 17.5. The molecular formula is C39H46N4O10. The molecule has 2 aliphatic rings. The molecule has 3 aromatic rings. The summed E-state index contributed by atoms with van der Waals surface area (Å²) in [6, 6.07) is 21.5. The van der Waals surface area contributed by atoms with Gasteiger partial charge < -0.3 is 45.3 Å². The van der Waals surface area contributed by atoms with Crippen molar-refractivity contribution in [3.8, 4) is 16.9 Å². The number of ether oxygens (including phenoxy) is 4. The summed E-state index contributed by atoms with van der Waals surface area (Å²) in [5.41, 5.74) is 2.78. The van der Waals surface area contributed by atoms with Gasteiger partial charge in [-0.3, -0.25) is 9.59 Å². The standard InChI is InChI=1S/C39H46N4O10/c1-38(2,3)53-36(48)40-18-21-51-26-14-12-25(13-15-26)22-32(34(45)41-23-33(44)43-39(35(46)47)16-19-50-20-17-39)42-37(49)52-24-31-29-10-6-4-8-27(29)28-9-5-7-11-30(28)31/h4-15,31-32H,16-24H2,1-3H3,(H,40,48)(H,41,45)(H,42,49)(H,43,44)(H,46,47). The predicted octanol–water partition coefficient (Wildman–Crippen LogP) is 3.91. The van der Waals surface area contributed by atoms with Crippen LogP contribution in [0.4, 0.5) is 9.59 Å². The van der Waals surface area contributed by atoms with Gasteiger partial charge in [-0.25, -0.2) is 14.4 Å². The Balaban J connectivity index is 1.21. The Morgan fingerprint density at radius 3 is 2.09 bits per heavy atom. The van der Waals surface area contributed by atoms with Gasteiger partial charge in [0.25, 0.3) is 0 Å². The van der Waals surface area contributed by atoms with Gasteiger partial charge in [-0.15, -0.1) is 0 Å². The number of amides is 4. The molecule has 5 rings (SSSR count). The van der Waals surface area contributed by atoms with Gasteiger partial charge in [-0.05, 0) is 60.7 Å². The molecule has 0 spiro atoms. The number of benzene rings is 3. The minimum absolute atomic E-state index is 0.0341. The van der Waals surface area contributed by atoms with E-state index in [0.29, 0.717) is 11.3 Å². The van der Waals surface area contributed by atoms with Crippen LogP contribution in [0.25, 0.3) is 11.1 Å². The van der Waals surface area contributed by atoms with Crippen molar-refractivity contribution < 1.29 is 48.0 Å². The predicted molar refractivity (Wildman–Crippen MR) is 193 cm³/mol. The summed E-state index contributed by atoms with van der Waals surface area (Å²) in [5.74, 6) is -2.21. The molecule has 0 bridgehead atoms. The first kappa shape index (κ1) is 38.6. The zero-order chi connectivity index (χ0) is 38.0. The molecule has 1 saturated heterocycles. The van der Waals surface area contributed by atoms with Crippen LogP contribution in [0.5, 0.6) is 5.75 Å². The van der Waals surface area contributed by atoms with Crippen molar-refractivity contribution in [3.63, 3.8) is 0 Å². The molecule has 282 valence electrons. The number of carbonyl (C=O) groups excluding carboxylic acids is 4. The maximum Gasteiger partial charge on any atom is 0.407 e. The zero-order valence-electron chi connectivity index (χ0n) is 30.1. The van der Waals surface area contributed by atoms with E-state index in [0.717, 1.165) is 22.3 Å². The van der Waals surface area contributed by atoms with E-state index in [-0.39, 0.29) is 58.2 Å². The normalized spacial score (nSPS) is 15.2. The summed E-state index contributed by atoms with van der Waals surface area (Å²) in [4.78, 5) is 63.4. The van der Waals surface area contributed by atoms with Gasteiger partial charge in [0, 0.05) is 38.4 Å². The Morgan fingerprint density at radius 2 is 1.49 bits per heavy atom. The van der Waals surface area contributed by atoms with Crippen LogP contribution in [0.1, 0.15) is 56.2 Å². The van der Waals surface area contributed by atoms with E-state index < -0.39 is 53.7 Å². The van der Waals surface area contributed by atoms with Crippen LogP contribution >= 0.6 is 0 Å². The van der Waals surface area contributed by atoms with Gasteiger partial charge >= 0.3 is 18.2 Å². The van der Waals surface area contributed by atoms with Crippen LogP contribution in [0.3, 0.4) is 0 Å². The van der Waals surface area contributed by atoms with Crippen LogP contribution < -0.4 is 26.0 Å². The Kier molecular flexibility index (Phi) is 12.6. The van der Waals surface area contributed by atoms with E-state index in [1.54, 1.807) is 45.0 Å². The summed E-state index contributed by atoms with van der Waals surface area (Å²) in [6.07, 6.45) is -1.15. The molecule has 1 fully saturated rings. The Morgan fingerprint density at radius 1 is 0.868 bits per heavy atom. The number of rotatable bonds is 14. The van der Waals surface area contributed by atoms with Gasteiger partial charge in [0.1, 0.15) is 36.1 Å². The Hall–Kier alpha value is -5.63. The summed E-state index contributed by atoms with van der Waals surface area (Å²) in [6.45, 7) is 5.60. The molecule has 53 heavy (non-hydrogen) atoms. The highest BCUT2D eigenvalue weighted by Gasteiger charge is 2.41. The zero-order valence-corrected chi connectivity index (χ0v) is 30.1. The summed E-state index contributed by atoms with van der Waals surface area (Å²) in [5, 5.41) is 20.1. The number of fused-ring (bicyclic) bond motifs is 3. The van der Waals surface area contributed by atoms with Crippen LogP contribution in [-0.2, 0) is 35.0 Å². The van der Waals surface area contributed by atoms with Crippen LogP contribution in [0, 0.1) is 0 Å². The van der Waals surface area contributed by atoms with Gasteiger partial charge in [0.05, 0.1) is 13.1 Å². The van der Waals surface area contributed by atoms with Crippen molar-refractivity contribution in [1.82, 2.24) is 21.3 Å². The van der Waals surface area contributed by atoms with Crippen molar-refractivity contribution in [2.45, 2.75) is 63.1 Å². The number of hydrogen-bond donors (Lipinski definition) is 5. The van der Waals surface area contributed by atoms with E-state index in [1.807, 2.05) is 48.5 Å². The average molecular weight is 731 g/mol. The number of aliphatic carboxylic acids is 1. The fourth-order valence-electron chi connectivity index (χ4n) is 6.30. The molecule has 4 amide bonds. The Labute approximate surface area is 307 Å². The maximum absolute atomic E-state index is 13.5. The largest absolute Gasteiger partial charge is 0.492 e. The molecular weight excluding hydrogens is 684 g/mol. The third kappa shape index (κ3) is 10.5. The summed E-state index contributed by atoms with van der Waals surface area (Å²) < 4.78 is 21.9. The number of hydrogen-bond acceptors (Lipinski definition) is 9. The van der Waals surface area contributed by atoms with E-state index in [1.165, 1.54) is 0 Å². The van der Waals surface area contributed by atoms with Gasteiger partial charge in [-0.2, -0.15) is 0 Å². The molecule has 0 saturated carbocycles. The molecule has 0 aromatic heterocycles. The lowest BCUT2D eigenvalue weighted by molar-refractivity contribution is -0.152. The lowest BCUT2D eigenvalue weighted by Gasteiger charge is -2.33. The molecule has 3 aromatic carbocycles. The van der Waals surface area contributed by atoms with Crippen molar-refractivity contribution in [3.05, 3.63) is 89.5 Å². The van der Waals surface area contributed by atoms with Crippen LogP contribution in [0.2, 0.25) is 0 Å². The molecule has 1 aliphatic carbocycles. The smallest absolute Gasteiger partial charge is 0.407 e. The summed E-state index contributed by atoms with van der Waals surface area (Å²) in [7, 11) is 0. The SMILES string of the molecule is CC(C)(C)OC(=O)NCCOc1ccc(CC(NC(=O)OCC2c3ccccc3-c3ccccc32)C(=O)NCC(=O)NC2(C(=O)O)CCOCC2)cc1. The molecule has 1 atom stereocenters. The highest BCUT2D eigenvalue weighted by molar-refractivity contribution is 5.92. The minimum atomic E-state index is -1.49.